The number of benzene rings is 1. The summed E-state index contributed by atoms with van der Waals surface area (Å²) >= 11 is 0. The van der Waals surface area contributed by atoms with Crippen molar-refractivity contribution in [3.63, 3.8) is 0 Å². The normalized spacial score (nSPS) is 17.7. The molecule has 2 rings (SSSR count). The van der Waals surface area contributed by atoms with Crippen LogP contribution in [0.15, 0.2) is 23.4 Å². The molecule has 0 unspecified atom stereocenters. The first kappa shape index (κ1) is 15.2. The van der Waals surface area contributed by atoms with Gasteiger partial charge in [0.25, 0.3) is 0 Å². The van der Waals surface area contributed by atoms with E-state index in [1.807, 2.05) is 0 Å². The molecule has 1 amide bonds. The Kier molecular flexibility index (Phi) is 4.40. The van der Waals surface area contributed by atoms with E-state index in [1.165, 1.54) is 6.07 Å². The van der Waals surface area contributed by atoms with Crippen molar-refractivity contribution in [1.29, 1.82) is 0 Å². The third-order valence-electron chi connectivity index (χ3n) is 3.93. The van der Waals surface area contributed by atoms with Crippen molar-refractivity contribution < 1.29 is 18.8 Å². The molecule has 1 saturated carbocycles. The summed E-state index contributed by atoms with van der Waals surface area (Å²) in [5.74, 6) is -2.37. The number of amidine groups is 1. The van der Waals surface area contributed by atoms with E-state index in [9.17, 15) is 13.6 Å². The number of hydrogen-bond donors (Lipinski definition) is 3. The summed E-state index contributed by atoms with van der Waals surface area (Å²) in [7, 11) is 0. The number of nitrogens with zero attached hydrogens (tertiary/aromatic N) is 1. The zero-order valence-corrected chi connectivity index (χ0v) is 11.4. The lowest BCUT2D eigenvalue weighted by molar-refractivity contribution is -0.127. The van der Waals surface area contributed by atoms with Gasteiger partial charge in [0.1, 0.15) is 5.41 Å². The Bertz CT molecular complexity index is 569. The Morgan fingerprint density at radius 1 is 1.33 bits per heavy atom. The standard InChI is InChI=1S/C14H17F2N3O2/c15-10-4-3-9(7-11(10)16)8-18-13(20)14(12(17)19-21)5-1-2-6-14/h3-4,7,21H,1-2,5-6,8H2,(H2,17,19)(H,18,20). The zero-order chi connectivity index (χ0) is 15.5. The first-order valence-electron chi connectivity index (χ1n) is 6.70. The van der Waals surface area contributed by atoms with E-state index >= 15 is 0 Å². The molecule has 1 aliphatic carbocycles. The van der Waals surface area contributed by atoms with Gasteiger partial charge in [0.2, 0.25) is 5.91 Å². The van der Waals surface area contributed by atoms with E-state index < -0.39 is 17.0 Å². The van der Waals surface area contributed by atoms with Crippen molar-refractivity contribution in [1.82, 2.24) is 5.32 Å². The van der Waals surface area contributed by atoms with Gasteiger partial charge in [-0.05, 0) is 30.5 Å². The van der Waals surface area contributed by atoms with Crippen molar-refractivity contribution >= 4 is 11.7 Å². The van der Waals surface area contributed by atoms with Crippen molar-refractivity contribution in [2.24, 2.45) is 16.3 Å². The lowest BCUT2D eigenvalue weighted by Gasteiger charge is -2.26. The molecular weight excluding hydrogens is 280 g/mol. The van der Waals surface area contributed by atoms with Gasteiger partial charge in [0.05, 0.1) is 0 Å². The molecule has 0 radical (unpaired) electrons. The quantitative estimate of drug-likeness (QED) is 0.343. The van der Waals surface area contributed by atoms with Crippen LogP contribution in [-0.2, 0) is 11.3 Å². The summed E-state index contributed by atoms with van der Waals surface area (Å²) in [6.45, 7) is 0.0521. The van der Waals surface area contributed by atoms with Gasteiger partial charge in [-0.25, -0.2) is 8.78 Å². The maximum absolute atomic E-state index is 13.1. The van der Waals surface area contributed by atoms with Gasteiger partial charge >= 0.3 is 0 Å². The maximum Gasteiger partial charge on any atom is 0.234 e. The predicted molar refractivity (Wildman–Crippen MR) is 72.5 cm³/mol. The molecule has 114 valence electrons. The van der Waals surface area contributed by atoms with Gasteiger partial charge in [0.15, 0.2) is 17.5 Å². The van der Waals surface area contributed by atoms with E-state index in [4.69, 9.17) is 10.9 Å². The number of halogens is 2. The molecule has 4 N–H and O–H groups in total. The van der Waals surface area contributed by atoms with E-state index in [1.54, 1.807) is 0 Å². The topological polar surface area (TPSA) is 87.7 Å². The van der Waals surface area contributed by atoms with Crippen LogP contribution in [-0.4, -0.2) is 17.0 Å². The molecule has 1 aromatic carbocycles. The molecule has 7 heteroatoms. The molecule has 0 aliphatic heterocycles. The highest BCUT2D eigenvalue weighted by atomic mass is 19.2. The number of nitrogens with two attached hydrogens (primary N) is 1. The van der Waals surface area contributed by atoms with E-state index in [0.29, 0.717) is 18.4 Å². The summed E-state index contributed by atoms with van der Waals surface area (Å²) in [6.07, 6.45) is 2.64. The fraction of sp³-hybridized carbons (Fsp3) is 0.429. The van der Waals surface area contributed by atoms with Crippen LogP contribution in [0.2, 0.25) is 0 Å². The van der Waals surface area contributed by atoms with Crippen LogP contribution >= 0.6 is 0 Å². The van der Waals surface area contributed by atoms with Gasteiger partial charge in [-0.3, -0.25) is 4.79 Å². The number of rotatable bonds is 4. The van der Waals surface area contributed by atoms with Gasteiger partial charge in [-0.1, -0.05) is 24.1 Å². The van der Waals surface area contributed by atoms with Crippen molar-refractivity contribution in [3.8, 4) is 0 Å². The lowest BCUT2D eigenvalue weighted by atomic mass is 9.83. The molecule has 0 heterocycles. The Morgan fingerprint density at radius 2 is 2.00 bits per heavy atom. The molecule has 1 fully saturated rings. The highest BCUT2D eigenvalue weighted by Gasteiger charge is 2.45. The zero-order valence-electron chi connectivity index (χ0n) is 11.4. The average Bonchev–Trinajstić information content (AvgIpc) is 2.98. The Hall–Kier alpha value is -2.18. The molecule has 0 atom stereocenters. The van der Waals surface area contributed by atoms with Crippen LogP contribution in [0.4, 0.5) is 8.78 Å². The van der Waals surface area contributed by atoms with Crippen molar-refractivity contribution in [3.05, 3.63) is 35.4 Å². The second-order valence-electron chi connectivity index (χ2n) is 5.21. The van der Waals surface area contributed by atoms with E-state index in [0.717, 1.165) is 25.0 Å². The summed E-state index contributed by atoms with van der Waals surface area (Å²) in [5.41, 5.74) is 5.09. The Morgan fingerprint density at radius 3 is 2.57 bits per heavy atom. The summed E-state index contributed by atoms with van der Waals surface area (Å²) in [4.78, 5) is 12.3. The van der Waals surface area contributed by atoms with Crippen LogP contribution in [0.25, 0.3) is 0 Å². The molecule has 1 aromatic rings. The van der Waals surface area contributed by atoms with Crippen molar-refractivity contribution in [2.45, 2.75) is 32.2 Å². The summed E-state index contributed by atoms with van der Waals surface area (Å²) < 4.78 is 25.9. The van der Waals surface area contributed by atoms with Crippen LogP contribution in [0.5, 0.6) is 0 Å². The Labute approximate surface area is 120 Å². The van der Waals surface area contributed by atoms with Gasteiger partial charge < -0.3 is 16.3 Å². The first-order valence-corrected chi connectivity index (χ1v) is 6.70. The second-order valence-corrected chi connectivity index (χ2v) is 5.21. The highest BCUT2D eigenvalue weighted by Crippen LogP contribution is 2.38. The lowest BCUT2D eigenvalue weighted by Crippen LogP contribution is -2.48. The first-order chi connectivity index (χ1) is 9.99. The van der Waals surface area contributed by atoms with Crippen LogP contribution < -0.4 is 11.1 Å². The molecule has 5 nitrogen and oxygen atoms in total. The van der Waals surface area contributed by atoms with Gasteiger partial charge in [0, 0.05) is 6.54 Å². The predicted octanol–water partition coefficient (Wildman–Crippen LogP) is 1.89. The van der Waals surface area contributed by atoms with Gasteiger partial charge in [-0.2, -0.15) is 0 Å². The highest BCUT2D eigenvalue weighted by molar-refractivity contribution is 6.07. The number of oxime groups is 1. The van der Waals surface area contributed by atoms with Crippen LogP contribution in [0, 0.1) is 17.0 Å². The monoisotopic (exact) mass is 297 g/mol. The summed E-state index contributed by atoms with van der Waals surface area (Å²) in [6, 6.07) is 3.43. The minimum Gasteiger partial charge on any atom is -0.409 e. The molecular formula is C14H17F2N3O2. The summed E-state index contributed by atoms with van der Waals surface area (Å²) in [5, 5.41) is 14.5. The number of nitrogens with one attached hydrogen (secondary N) is 1. The van der Waals surface area contributed by atoms with Gasteiger partial charge in [-0.15, -0.1) is 0 Å². The fourth-order valence-corrected chi connectivity index (χ4v) is 2.67. The number of hydrogen-bond acceptors (Lipinski definition) is 3. The van der Waals surface area contributed by atoms with Crippen molar-refractivity contribution in [2.75, 3.05) is 0 Å². The molecule has 0 bridgehead atoms. The molecule has 0 spiro atoms. The maximum atomic E-state index is 13.1. The van der Waals surface area contributed by atoms with E-state index in [-0.39, 0.29) is 18.3 Å². The number of amides is 1. The molecule has 0 saturated heterocycles. The molecule has 21 heavy (non-hydrogen) atoms. The third kappa shape index (κ3) is 2.96. The van der Waals surface area contributed by atoms with Crippen LogP contribution in [0.1, 0.15) is 31.2 Å². The fourth-order valence-electron chi connectivity index (χ4n) is 2.67. The average molecular weight is 297 g/mol. The number of carbonyl (C=O) groups excluding carboxylic acids is 1. The minimum atomic E-state index is -1.01. The third-order valence-corrected chi connectivity index (χ3v) is 3.93. The largest absolute Gasteiger partial charge is 0.409 e. The Balaban J connectivity index is 2.08. The van der Waals surface area contributed by atoms with Crippen LogP contribution in [0.3, 0.4) is 0 Å². The molecule has 0 aromatic heterocycles. The smallest absolute Gasteiger partial charge is 0.234 e. The van der Waals surface area contributed by atoms with E-state index in [2.05, 4.69) is 10.5 Å². The molecule has 1 aliphatic rings. The SMILES string of the molecule is NC(=NO)C1(C(=O)NCc2ccc(F)c(F)c2)CCCC1. The minimum absolute atomic E-state index is 0.0521. The number of carbonyl (C=O) groups is 1. The second kappa shape index (κ2) is 6.07.